The van der Waals surface area contributed by atoms with Gasteiger partial charge in [-0.25, -0.2) is 0 Å². The fourth-order valence-electron chi connectivity index (χ4n) is 4.70. The molecular weight excluding hydrogens is 218 g/mol. The van der Waals surface area contributed by atoms with E-state index in [0.29, 0.717) is 5.41 Å². The van der Waals surface area contributed by atoms with Gasteiger partial charge in [-0.15, -0.1) is 0 Å². The van der Waals surface area contributed by atoms with Crippen LogP contribution in [0.2, 0.25) is 0 Å². The van der Waals surface area contributed by atoms with Crippen molar-refractivity contribution in [2.24, 2.45) is 29.1 Å². The topological polar surface area (TPSA) is 12.0 Å². The fraction of sp³-hybridized carbons (Fsp3) is 1.00. The third kappa shape index (κ3) is 2.76. The largest absolute Gasteiger partial charge is 0.316 e. The van der Waals surface area contributed by atoms with E-state index in [1.54, 1.807) is 0 Å². The SMILES string of the molecule is CNC(C1CCC(C)C(C)C1)C1CCCC1(C)C. The second-order valence-corrected chi connectivity index (χ2v) is 7.83. The maximum atomic E-state index is 3.70. The fourth-order valence-corrected chi connectivity index (χ4v) is 4.70. The van der Waals surface area contributed by atoms with Gasteiger partial charge in [0.05, 0.1) is 0 Å². The Kier molecular flexibility index (Phi) is 4.41. The molecule has 0 spiro atoms. The van der Waals surface area contributed by atoms with Crippen LogP contribution in [0.5, 0.6) is 0 Å². The van der Waals surface area contributed by atoms with Crippen LogP contribution >= 0.6 is 0 Å². The average molecular weight is 251 g/mol. The van der Waals surface area contributed by atoms with Crippen LogP contribution in [0.15, 0.2) is 0 Å². The zero-order valence-electron chi connectivity index (χ0n) is 13.1. The van der Waals surface area contributed by atoms with Gasteiger partial charge in [0.1, 0.15) is 0 Å². The molecule has 0 heterocycles. The van der Waals surface area contributed by atoms with Crippen LogP contribution in [0.1, 0.15) is 66.2 Å². The van der Waals surface area contributed by atoms with Crippen molar-refractivity contribution >= 4 is 0 Å². The lowest BCUT2D eigenvalue weighted by molar-refractivity contribution is 0.104. The molecule has 0 aromatic rings. The summed E-state index contributed by atoms with van der Waals surface area (Å²) in [5.41, 5.74) is 0.556. The van der Waals surface area contributed by atoms with E-state index in [4.69, 9.17) is 0 Å². The van der Waals surface area contributed by atoms with Gasteiger partial charge >= 0.3 is 0 Å². The molecule has 0 bridgehead atoms. The maximum Gasteiger partial charge on any atom is 0.0126 e. The monoisotopic (exact) mass is 251 g/mol. The van der Waals surface area contributed by atoms with E-state index >= 15 is 0 Å². The highest BCUT2D eigenvalue weighted by Gasteiger charge is 2.42. The standard InChI is InChI=1S/C17H33N/c1-12-8-9-14(11-13(12)2)16(18-5)15-7-6-10-17(15,3)4/h12-16,18H,6-11H2,1-5H3. The first-order valence-electron chi connectivity index (χ1n) is 8.13. The van der Waals surface area contributed by atoms with E-state index in [1.807, 2.05) is 0 Å². The molecule has 1 nitrogen and oxygen atoms in total. The Morgan fingerprint density at radius 2 is 1.78 bits per heavy atom. The summed E-state index contributed by atoms with van der Waals surface area (Å²) in [6, 6.07) is 0.762. The molecule has 5 atom stereocenters. The van der Waals surface area contributed by atoms with E-state index < -0.39 is 0 Å². The van der Waals surface area contributed by atoms with Gasteiger partial charge < -0.3 is 5.32 Å². The second kappa shape index (κ2) is 5.53. The minimum atomic E-state index is 0.556. The Morgan fingerprint density at radius 1 is 1.06 bits per heavy atom. The minimum Gasteiger partial charge on any atom is -0.316 e. The third-order valence-corrected chi connectivity index (χ3v) is 6.25. The number of hydrogen-bond acceptors (Lipinski definition) is 1. The molecule has 0 saturated heterocycles. The quantitative estimate of drug-likeness (QED) is 0.780. The van der Waals surface area contributed by atoms with Crippen molar-refractivity contribution in [3.05, 3.63) is 0 Å². The average Bonchev–Trinajstić information content (AvgIpc) is 2.65. The highest BCUT2D eigenvalue weighted by molar-refractivity contribution is 4.96. The molecule has 2 aliphatic rings. The van der Waals surface area contributed by atoms with E-state index in [1.165, 1.54) is 38.5 Å². The predicted molar refractivity (Wildman–Crippen MR) is 79.6 cm³/mol. The maximum absolute atomic E-state index is 3.70. The lowest BCUT2D eigenvalue weighted by atomic mass is 9.67. The molecule has 1 N–H and O–H groups in total. The Bertz CT molecular complexity index is 271. The van der Waals surface area contributed by atoms with Crippen LogP contribution in [0, 0.1) is 29.1 Å². The van der Waals surface area contributed by atoms with Crippen molar-refractivity contribution in [1.82, 2.24) is 5.32 Å². The lowest BCUT2D eigenvalue weighted by Gasteiger charge is -2.43. The van der Waals surface area contributed by atoms with Crippen molar-refractivity contribution in [2.75, 3.05) is 7.05 Å². The molecule has 18 heavy (non-hydrogen) atoms. The number of rotatable bonds is 3. The summed E-state index contributed by atoms with van der Waals surface area (Å²) in [5.74, 6) is 3.68. The minimum absolute atomic E-state index is 0.556. The lowest BCUT2D eigenvalue weighted by Crippen LogP contribution is -2.46. The second-order valence-electron chi connectivity index (χ2n) is 7.83. The molecule has 0 aromatic heterocycles. The summed E-state index contributed by atoms with van der Waals surface area (Å²) in [5, 5.41) is 3.70. The Morgan fingerprint density at radius 3 is 2.28 bits per heavy atom. The first-order valence-corrected chi connectivity index (χ1v) is 8.13. The van der Waals surface area contributed by atoms with Crippen LogP contribution < -0.4 is 5.32 Å². The van der Waals surface area contributed by atoms with Gasteiger partial charge in [-0.3, -0.25) is 0 Å². The van der Waals surface area contributed by atoms with Gasteiger partial charge in [-0.2, -0.15) is 0 Å². The van der Waals surface area contributed by atoms with Crippen molar-refractivity contribution in [3.63, 3.8) is 0 Å². The number of hydrogen-bond donors (Lipinski definition) is 1. The van der Waals surface area contributed by atoms with Crippen LogP contribution in [0.25, 0.3) is 0 Å². The van der Waals surface area contributed by atoms with Gasteiger partial charge in [0.25, 0.3) is 0 Å². The summed E-state index contributed by atoms with van der Waals surface area (Å²) >= 11 is 0. The van der Waals surface area contributed by atoms with Gasteiger partial charge in [0.15, 0.2) is 0 Å². The highest BCUT2D eigenvalue weighted by atomic mass is 14.9. The van der Waals surface area contributed by atoms with E-state index in [0.717, 1.165) is 29.7 Å². The molecule has 2 fully saturated rings. The Labute approximate surface area is 114 Å². The normalized spacial score (nSPS) is 41.8. The molecular formula is C17H33N. The highest BCUT2D eigenvalue weighted by Crippen LogP contribution is 2.48. The molecule has 0 aliphatic heterocycles. The summed E-state index contributed by atoms with van der Waals surface area (Å²) in [4.78, 5) is 0. The summed E-state index contributed by atoms with van der Waals surface area (Å²) in [7, 11) is 2.20. The third-order valence-electron chi connectivity index (χ3n) is 6.25. The van der Waals surface area contributed by atoms with Crippen molar-refractivity contribution < 1.29 is 0 Å². The zero-order valence-corrected chi connectivity index (χ0v) is 13.1. The van der Waals surface area contributed by atoms with E-state index in [9.17, 15) is 0 Å². The van der Waals surface area contributed by atoms with Gasteiger partial charge in [0.2, 0.25) is 0 Å². The number of nitrogens with one attached hydrogen (secondary N) is 1. The molecule has 2 aliphatic carbocycles. The zero-order chi connectivity index (χ0) is 13.3. The Balaban J connectivity index is 2.05. The molecule has 5 unspecified atom stereocenters. The van der Waals surface area contributed by atoms with Crippen LogP contribution in [0.3, 0.4) is 0 Å². The van der Waals surface area contributed by atoms with Gasteiger partial charge in [-0.1, -0.05) is 40.5 Å². The van der Waals surface area contributed by atoms with Crippen LogP contribution in [0.4, 0.5) is 0 Å². The Hall–Kier alpha value is -0.0400. The van der Waals surface area contributed by atoms with Gasteiger partial charge in [-0.05, 0) is 61.8 Å². The van der Waals surface area contributed by atoms with Crippen molar-refractivity contribution in [2.45, 2.75) is 72.3 Å². The molecule has 0 amide bonds. The van der Waals surface area contributed by atoms with Crippen molar-refractivity contribution in [1.29, 1.82) is 0 Å². The van der Waals surface area contributed by atoms with Crippen LogP contribution in [-0.4, -0.2) is 13.1 Å². The van der Waals surface area contributed by atoms with Crippen molar-refractivity contribution in [3.8, 4) is 0 Å². The van der Waals surface area contributed by atoms with Crippen LogP contribution in [-0.2, 0) is 0 Å². The van der Waals surface area contributed by atoms with Gasteiger partial charge in [0, 0.05) is 6.04 Å². The van der Waals surface area contributed by atoms with E-state index in [-0.39, 0.29) is 0 Å². The molecule has 2 saturated carbocycles. The first-order chi connectivity index (χ1) is 8.45. The summed E-state index contributed by atoms with van der Waals surface area (Å²) in [6.07, 6.45) is 8.64. The molecule has 106 valence electrons. The summed E-state index contributed by atoms with van der Waals surface area (Å²) < 4.78 is 0. The van der Waals surface area contributed by atoms with E-state index in [2.05, 4.69) is 40.1 Å². The first kappa shape index (κ1) is 14.4. The summed E-state index contributed by atoms with van der Waals surface area (Å²) in [6.45, 7) is 9.88. The molecule has 1 heteroatoms. The molecule has 0 aromatic carbocycles. The smallest absolute Gasteiger partial charge is 0.0126 e. The molecule has 0 radical (unpaired) electrons. The molecule has 2 rings (SSSR count). The predicted octanol–water partition coefficient (Wildman–Crippen LogP) is 4.47.